The third kappa shape index (κ3) is 3.36. The molecule has 0 unspecified atom stereocenters. The van der Waals surface area contributed by atoms with Crippen molar-refractivity contribution in [2.75, 3.05) is 5.32 Å². The molecule has 2 aromatic heterocycles. The summed E-state index contributed by atoms with van der Waals surface area (Å²) in [6.45, 7) is 0. The van der Waals surface area contributed by atoms with Gasteiger partial charge >= 0.3 is 11.9 Å². The van der Waals surface area contributed by atoms with Crippen LogP contribution in [0.25, 0.3) is 22.2 Å². The molecule has 8 heteroatoms. The van der Waals surface area contributed by atoms with Gasteiger partial charge < -0.3 is 14.8 Å². The van der Waals surface area contributed by atoms with E-state index in [1.165, 1.54) is 0 Å². The van der Waals surface area contributed by atoms with Crippen molar-refractivity contribution in [1.29, 1.82) is 0 Å². The Balaban J connectivity index is 1.69. The Hall–Kier alpha value is -2.97. The van der Waals surface area contributed by atoms with Crippen LogP contribution in [0.15, 0.2) is 62.8 Å². The van der Waals surface area contributed by atoms with Gasteiger partial charge in [0.2, 0.25) is 0 Å². The zero-order valence-corrected chi connectivity index (χ0v) is 16.0. The third-order valence-electron chi connectivity index (χ3n) is 3.86. The van der Waals surface area contributed by atoms with Crippen molar-refractivity contribution in [2.45, 2.75) is 0 Å². The van der Waals surface area contributed by atoms with Crippen LogP contribution in [-0.4, -0.2) is 22.0 Å². The summed E-state index contributed by atoms with van der Waals surface area (Å²) in [4.78, 5) is 28.5. The van der Waals surface area contributed by atoms with Crippen molar-refractivity contribution >= 4 is 55.2 Å². The Morgan fingerprint density at radius 2 is 1.96 bits per heavy atom. The number of carboxylic acid groups (broad SMARTS) is 1. The van der Waals surface area contributed by atoms with Gasteiger partial charge in [-0.15, -0.1) is 11.3 Å². The van der Waals surface area contributed by atoms with E-state index >= 15 is 0 Å². The number of thiophene rings is 1. The minimum Gasteiger partial charge on any atom is -0.478 e. The molecule has 0 atom stereocenters. The molecule has 4 rings (SSSR count). The van der Waals surface area contributed by atoms with Crippen molar-refractivity contribution in [3.63, 3.8) is 0 Å². The minimum absolute atomic E-state index is 0.0301. The Bertz CT molecular complexity index is 1150. The number of amides is 1. The average Bonchev–Trinajstić information content (AvgIpc) is 3.25. The summed E-state index contributed by atoms with van der Waals surface area (Å²) < 4.78 is 6.27. The molecule has 27 heavy (non-hydrogen) atoms. The maximum Gasteiger partial charge on any atom is 0.339 e. The van der Waals surface area contributed by atoms with Gasteiger partial charge in [-0.25, -0.2) is 9.78 Å². The summed E-state index contributed by atoms with van der Waals surface area (Å²) in [5, 5.41) is 14.2. The van der Waals surface area contributed by atoms with Gasteiger partial charge in [0.1, 0.15) is 16.1 Å². The van der Waals surface area contributed by atoms with Gasteiger partial charge in [-0.3, -0.25) is 4.79 Å². The monoisotopic (exact) mass is 442 g/mol. The fourth-order valence-corrected chi connectivity index (χ4v) is 4.01. The van der Waals surface area contributed by atoms with Crippen LogP contribution in [0.1, 0.15) is 21.0 Å². The molecule has 2 aromatic carbocycles. The topological polar surface area (TPSA) is 92.4 Å². The zero-order chi connectivity index (χ0) is 19.0. The SMILES string of the molecule is O=C(Nc1scc(-c2cccc(Br)c2)c1C(=O)O)c1nc2ccccc2o1. The number of aromatic carboxylic acids is 1. The van der Waals surface area contributed by atoms with Gasteiger partial charge in [0.05, 0.1) is 0 Å². The lowest BCUT2D eigenvalue weighted by Gasteiger charge is -2.05. The summed E-state index contributed by atoms with van der Waals surface area (Å²) in [6.07, 6.45) is 0. The molecule has 2 heterocycles. The Kier molecular flexibility index (Phi) is 4.51. The number of fused-ring (bicyclic) bond motifs is 1. The largest absolute Gasteiger partial charge is 0.478 e. The lowest BCUT2D eigenvalue weighted by atomic mass is 10.0. The molecule has 134 valence electrons. The molecular formula is C19H11BrN2O4S. The highest BCUT2D eigenvalue weighted by Crippen LogP contribution is 2.36. The van der Waals surface area contributed by atoms with Gasteiger partial charge in [0.25, 0.3) is 5.89 Å². The van der Waals surface area contributed by atoms with Crippen LogP contribution in [-0.2, 0) is 0 Å². The molecule has 0 saturated carbocycles. The van der Waals surface area contributed by atoms with Crippen molar-refractivity contribution in [2.24, 2.45) is 0 Å². The zero-order valence-electron chi connectivity index (χ0n) is 13.6. The number of aromatic nitrogens is 1. The maximum atomic E-state index is 12.5. The number of carbonyl (C=O) groups is 2. The number of hydrogen-bond donors (Lipinski definition) is 2. The van der Waals surface area contributed by atoms with E-state index in [2.05, 4.69) is 26.2 Å². The molecule has 0 aliphatic rings. The van der Waals surface area contributed by atoms with E-state index in [9.17, 15) is 14.7 Å². The van der Waals surface area contributed by atoms with Gasteiger partial charge in [0.15, 0.2) is 5.58 Å². The van der Waals surface area contributed by atoms with E-state index in [4.69, 9.17) is 4.42 Å². The van der Waals surface area contributed by atoms with Crippen molar-refractivity contribution in [3.05, 3.63) is 69.8 Å². The number of carboxylic acids is 1. The first-order valence-electron chi connectivity index (χ1n) is 7.80. The number of benzene rings is 2. The van der Waals surface area contributed by atoms with E-state index in [1.54, 1.807) is 29.6 Å². The van der Waals surface area contributed by atoms with Crippen molar-refractivity contribution in [3.8, 4) is 11.1 Å². The van der Waals surface area contributed by atoms with Crippen LogP contribution in [0, 0.1) is 0 Å². The van der Waals surface area contributed by atoms with Crippen LogP contribution in [0.3, 0.4) is 0 Å². The van der Waals surface area contributed by atoms with Crippen LogP contribution < -0.4 is 5.32 Å². The van der Waals surface area contributed by atoms with E-state index in [-0.39, 0.29) is 16.5 Å². The van der Waals surface area contributed by atoms with Crippen LogP contribution in [0.5, 0.6) is 0 Å². The highest BCUT2D eigenvalue weighted by Gasteiger charge is 2.23. The molecule has 0 aliphatic carbocycles. The second-order valence-corrected chi connectivity index (χ2v) is 7.41. The van der Waals surface area contributed by atoms with Gasteiger partial charge in [0, 0.05) is 15.4 Å². The average molecular weight is 443 g/mol. The fourth-order valence-electron chi connectivity index (χ4n) is 2.66. The van der Waals surface area contributed by atoms with Gasteiger partial charge in [-0.2, -0.15) is 0 Å². The highest BCUT2D eigenvalue weighted by atomic mass is 79.9. The van der Waals surface area contributed by atoms with Gasteiger partial charge in [-0.05, 0) is 29.8 Å². The quantitative estimate of drug-likeness (QED) is 0.448. The molecule has 1 amide bonds. The summed E-state index contributed by atoms with van der Waals surface area (Å²) >= 11 is 4.52. The number of nitrogens with zero attached hydrogens (tertiary/aromatic N) is 1. The van der Waals surface area contributed by atoms with Crippen LogP contribution >= 0.6 is 27.3 Å². The summed E-state index contributed by atoms with van der Waals surface area (Å²) in [6, 6.07) is 14.3. The lowest BCUT2D eigenvalue weighted by Crippen LogP contribution is -2.13. The molecule has 4 aromatic rings. The number of nitrogens with one attached hydrogen (secondary N) is 1. The Morgan fingerprint density at radius 3 is 2.70 bits per heavy atom. The van der Waals surface area contributed by atoms with E-state index in [1.807, 2.05) is 24.3 Å². The number of para-hydroxylation sites is 2. The predicted octanol–water partition coefficient (Wildman–Crippen LogP) is 5.27. The molecule has 0 bridgehead atoms. The highest BCUT2D eigenvalue weighted by molar-refractivity contribution is 9.10. The molecule has 0 spiro atoms. The van der Waals surface area contributed by atoms with Crippen molar-refractivity contribution in [1.82, 2.24) is 4.98 Å². The number of halogens is 1. The molecule has 2 N–H and O–H groups in total. The molecule has 0 fully saturated rings. The number of carbonyl (C=O) groups excluding carboxylic acids is 1. The van der Waals surface area contributed by atoms with E-state index in [0.717, 1.165) is 21.4 Å². The number of rotatable bonds is 4. The Labute approximate surface area is 165 Å². The molecule has 0 radical (unpaired) electrons. The van der Waals surface area contributed by atoms with E-state index in [0.29, 0.717) is 16.7 Å². The summed E-state index contributed by atoms with van der Waals surface area (Å²) in [5.41, 5.74) is 2.34. The number of anilines is 1. The molecule has 0 saturated heterocycles. The molecular weight excluding hydrogens is 432 g/mol. The fraction of sp³-hybridized carbons (Fsp3) is 0. The molecule has 6 nitrogen and oxygen atoms in total. The first kappa shape index (κ1) is 17.4. The minimum atomic E-state index is -1.13. The smallest absolute Gasteiger partial charge is 0.339 e. The van der Waals surface area contributed by atoms with E-state index < -0.39 is 11.9 Å². The number of hydrogen-bond acceptors (Lipinski definition) is 5. The first-order chi connectivity index (χ1) is 13.0. The Morgan fingerprint density at radius 1 is 1.15 bits per heavy atom. The van der Waals surface area contributed by atoms with Crippen molar-refractivity contribution < 1.29 is 19.1 Å². The second-order valence-electron chi connectivity index (χ2n) is 5.61. The molecule has 0 aliphatic heterocycles. The van der Waals surface area contributed by atoms with Crippen LogP contribution in [0.2, 0.25) is 0 Å². The van der Waals surface area contributed by atoms with Gasteiger partial charge in [-0.1, -0.05) is 40.2 Å². The number of oxazole rings is 1. The normalized spacial score (nSPS) is 10.9. The first-order valence-corrected chi connectivity index (χ1v) is 9.48. The maximum absolute atomic E-state index is 12.5. The summed E-state index contributed by atoms with van der Waals surface area (Å²) in [5.74, 6) is -1.85. The second kappa shape index (κ2) is 6.98. The van der Waals surface area contributed by atoms with Crippen LogP contribution in [0.4, 0.5) is 5.00 Å². The predicted molar refractivity (Wildman–Crippen MR) is 106 cm³/mol. The standard InChI is InChI=1S/C19H11BrN2O4S/c20-11-5-3-4-10(8-11)12-9-27-18(15(12)19(24)25)22-16(23)17-21-13-6-1-2-7-14(13)26-17/h1-9H,(H,22,23)(H,24,25). The third-order valence-corrected chi connectivity index (χ3v) is 5.24. The lowest BCUT2D eigenvalue weighted by molar-refractivity contribution is 0.0699. The summed E-state index contributed by atoms with van der Waals surface area (Å²) in [7, 11) is 0.